The third kappa shape index (κ3) is 3.20. The van der Waals surface area contributed by atoms with Gasteiger partial charge >= 0.3 is 12.1 Å². The van der Waals surface area contributed by atoms with Crippen LogP contribution in [0.2, 0.25) is 0 Å². The van der Waals surface area contributed by atoms with Crippen LogP contribution in [0.3, 0.4) is 0 Å². The van der Waals surface area contributed by atoms with Crippen molar-refractivity contribution in [3.05, 3.63) is 65.2 Å². The number of carbonyl (C=O) groups is 1. The second-order valence-electron chi connectivity index (χ2n) is 5.61. The largest absolute Gasteiger partial charge is 0.478 e. The fourth-order valence-electron chi connectivity index (χ4n) is 2.71. The highest BCUT2D eigenvalue weighted by atomic mass is 19.4. The first-order valence-electron chi connectivity index (χ1n) is 7.65. The third-order valence-electron chi connectivity index (χ3n) is 4.03. The molecule has 0 fully saturated rings. The van der Waals surface area contributed by atoms with Crippen molar-refractivity contribution in [1.29, 1.82) is 0 Å². The first kappa shape index (κ1) is 17.0. The standard InChI is InChI=1S/C19H14F3NO2/c1-2-11-6-8-12(9-7-11)16-10-14(18(24)25)13-4-3-5-15(17(13)23-16)19(20,21)22/h3-10H,2H2,1H3,(H,24,25). The highest BCUT2D eigenvalue weighted by Gasteiger charge is 2.34. The Balaban J connectivity index is 2.31. The third-order valence-corrected chi connectivity index (χ3v) is 4.03. The van der Waals surface area contributed by atoms with Gasteiger partial charge in [0.25, 0.3) is 0 Å². The Morgan fingerprint density at radius 1 is 1.12 bits per heavy atom. The van der Waals surface area contributed by atoms with E-state index in [2.05, 4.69) is 4.98 Å². The zero-order chi connectivity index (χ0) is 18.2. The van der Waals surface area contributed by atoms with Crippen LogP contribution in [-0.2, 0) is 12.6 Å². The fraction of sp³-hybridized carbons (Fsp3) is 0.158. The Morgan fingerprint density at radius 2 is 1.80 bits per heavy atom. The minimum atomic E-state index is -4.62. The molecule has 1 heterocycles. The van der Waals surface area contributed by atoms with E-state index in [0.717, 1.165) is 18.1 Å². The zero-order valence-electron chi connectivity index (χ0n) is 13.3. The average molecular weight is 345 g/mol. The van der Waals surface area contributed by atoms with Crippen molar-refractivity contribution in [2.24, 2.45) is 0 Å². The Kier molecular flexibility index (Phi) is 4.20. The van der Waals surface area contributed by atoms with Crippen LogP contribution in [0.4, 0.5) is 13.2 Å². The van der Waals surface area contributed by atoms with Crippen LogP contribution in [0.15, 0.2) is 48.5 Å². The molecule has 1 N–H and O–H groups in total. The second-order valence-corrected chi connectivity index (χ2v) is 5.61. The molecule has 0 saturated heterocycles. The molecule has 0 aliphatic carbocycles. The molecule has 3 nitrogen and oxygen atoms in total. The van der Waals surface area contributed by atoms with Crippen molar-refractivity contribution in [3.63, 3.8) is 0 Å². The molecule has 1 aromatic heterocycles. The highest BCUT2D eigenvalue weighted by Crippen LogP contribution is 2.36. The maximum absolute atomic E-state index is 13.3. The Hall–Kier alpha value is -2.89. The number of carboxylic acid groups (broad SMARTS) is 1. The predicted molar refractivity (Wildman–Crippen MR) is 88.5 cm³/mol. The van der Waals surface area contributed by atoms with Gasteiger partial charge in [0.05, 0.1) is 22.3 Å². The van der Waals surface area contributed by atoms with E-state index >= 15 is 0 Å². The number of halogens is 3. The lowest BCUT2D eigenvalue weighted by atomic mass is 10.0. The van der Waals surface area contributed by atoms with Gasteiger partial charge in [0.1, 0.15) is 0 Å². The number of aromatic nitrogens is 1. The van der Waals surface area contributed by atoms with E-state index in [-0.39, 0.29) is 22.2 Å². The summed E-state index contributed by atoms with van der Waals surface area (Å²) in [6, 6.07) is 11.9. The monoisotopic (exact) mass is 345 g/mol. The number of aryl methyl sites for hydroxylation is 1. The SMILES string of the molecule is CCc1ccc(-c2cc(C(=O)O)c3cccc(C(F)(F)F)c3n2)cc1. The molecule has 0 aliphatic heterocycles. The summed E-state index contributed by atoms with van der Waals surface area (Å²) >= 11 is 0. The van der Waals surface area contributed by atoms with Crippen molar-refractivity contribution in [1.82, 2.24) is 4.98 Å². The number of nitrogens with zero attached hydrogens (tertiary/aromatic N) is 1. The number of rotatable bonds is 3. The molecule has 3 aromatic rings. The van der Waals surface area contributed by atoms with Crippen molar-refractivity contribution in [2.45, 2.75) is 19.5 Å². The molecule has 6 heteroatoms. The summed E-state index contributed by atoms with van der Waals surface area (Å²) in [5.41, 5.74) is 0.330. The normalized spacial score (nSPS) is 11.7. The number of pyridine rings is 1. The number of alkyl halides is 3. The highest BCUT2D eigenvalue weighted by molar-refractivity contribution is 6.04. The van der Waals surface area contributed by atoms with Crippen molar-refractivity contribution >= 4 is 16.9 Å². The van der Waals surface area contributed by atoms with Gasteiger partial charge < -0.3 is 5.11 Å². The van der Waals surface area contributed by atoms with Crippen LogP contribution in [0.5, 0.6) is 0 Å². The first-order chi connectivity index (χ1) is 11.8. The van der Waals surface area contributed by atoms with E-state index in [1.807, 2.05) is 19.1 Å². The summed E-state index contributed by atoms with van der Waals surface area (Å²) in [5.74, 6) is -1.29. The van der Waals surface area contributed by atoms with E-state index in [0.29, 0.717) is 5.56 Å². The van der Waals surface area contributed by atoms with Gasteiger partial charge in [-0.2, -0.15) is 13.2 Å². The van der Waals surface area contributed by atoms with E-state index in [1.54, 1.807) is 12.1 Å². The summed E-state index contributed by atoms with van der Waals surface area (Å²) in [7, 11) is 0. The van der Waals surface area contributed by atoms with Crippen LogP contribution in [-0.4, -0.2) is 16.1 Å². The van der Waals surface area contributed by atoms with Gasteiger partial charge in [0, 0.05) is 10.9 Å². The molecule has 0 atom stereocenters. The van der Waals surface area contributed by atoms with Crippen LogP contribution in [0.25, 0.3) is 22.2 Å². The van der Waals surface area contributed by atoms with Gasteiger partial charge in [0.15, 0.2) is 0 Å². The van der Waals surface area contributed by atoms with Crippen LogP contribution in [0, 0.1) is 0 Å². The predicted octanol–water partition coefficient (Wildman–Crippen LogP) is 5.18. The van der Waals surface area contributed by atoms with E-state index in [4.69, 9.17) is 0 Å². The summed E-state index contributed by atoms with van der Waals surface area (Å²) in [6.07, 6.45) is -3.79. The lowest BCUT2D eigenvalue weighted by Gasteiger charge is -2.13. The van der Waals surface area contributed by atoms with Crippen LogP contribution in [0.1, 0.15) is 28.4 Å². The minimum absolute atomic E-state index is 0.0312. The van der Waals surface area contributed by atoms with Gasteiger partial charge in [-0.3, -0.25) is 0 Å². The number of aromatic carboxylic acids is 1. The van der Waals surface area contributed by atoms with E-state index in [9.17, 15) is 23.1 Å². The molecule has 128 valence electrons. The molecule has 0 bridgehead atoms. The summed E-state index contributed by atoms with van der Waals surface area (Å²) < 4.78 is 39.9. The average Bonchev–Trinajstić information content (AvgIpc) is 2.59. The summed E-state index contributed by atoms with van der Waals surface area (Å²) in [4.78, 5) is 15.7. The quantitative estimate of drug-likeness (QED) is 0.711. The van der Waals surface area contributed by atoms with Crippen LogP contribution < -0.4 is 0 Å². The molecule has 2 aromatic carbocycles. The Morgan fingerprint density at radius 3 is 2.36 bits per heavy atom. The molecule has 0 aliphatic rings. The van der Waals surface area contributed by atoms with Crippen molar-refractivity contribution in [3.8, 4) is 11.3 Å². The molecule has 0 radical (unpaired) electrons. The number of hydrogen-bond donors (Lipinski definition) is 1. The molecule has 25 heavy (non-hydrogen) atoms. The van der Waals surface area contributed by atoms with Gasteiger partial charge in [-0.1, -0.05) is 43.3 Å². The lowest BCUT2D eigenvalue weighted by Crippen LogP contribution is -2.09. The smallest absolute Gasteiger partial charge is 0.418 e. The van der Waals surface area contributed by atoms with E-state index in [1.165, 1.54) is 18.2 Å². The fourth-order valence-corrected chi connectivity index (χ4v) is 2.71. The lowest BCUT2D eigenvalue weighted by molar-refractivity contribution is -0.136. The summed E-state index contributed by atoms with van der Waals surface area (Å²) in [5, 5.41) is 9.39. The molecular weight excluding hydrogens is 331 g/mol. The number of carboxylic acids is 1. The number of fused-ring (bicyclic) bond motifs is 1. The maximum Gasteiger partial charge on any atom is 0.418 e. The topological polar surface area (TPSA) is 50.2 Å². The molecule has 0 amide bonds. The van der Waals surface area contributed by atoms with Crippen molar-refractivity contribution in [2.75, 3.05) is 0 Å². The van der Waals surface area contributed by atoms with Crippen molar-refractivity contribution < 1.29 is 23.1 Å². The zero-order valence-corrected chi connectivity index (χ0v) is 13.3. The van der Waals surface area contributed by atoms with E-state index < -0.39 is 17.7 Å². The maximum atomic E-state index is 13.3. The van der Waals surface area contributed by atoms with Gasteiger partial charge in [-0.25, -0.2) is 9.78 Å². The van der Waals surface area contributed by atoms with Crippen LogP contribution >= 0.6 is 0 Å². The number of hydrogen-bond acceptors (Lipinski definition) is 2. The molecule has 3 rings (SSSR count). The number of benzene rings is 2. The Bertz CT molecular complexity index is 947. The van der Waals surface area contributed by atoms with Gasteiger partial charge in [-0.15, -0.1) is 0 Å². The molecular formula is C19H14F3NO2. The van der Waals surface area contributed by atoms with Gasteiger partial charge in [-0.05, 0) is 24.1 Å². The molecule has 0 unspecified atom stereocenters. The molecule has 0 saturated carbocycles. The summed E-state index contributed by atoms with van der Waals surface area (Å²) in [6.45, 7) is 1.99. The Labute approximate surface area is 141 Å². The number of para-hydroxylation sites is 1. The molecule has 0 spiro atoms. The second kappa shape index (κ2) is 6.20. The minimum Gasteiger partial charge on any atom is -0.478 e. The van der Waals surface area contributed by atoms with Gasteiger partial charge in [0.2, 0.25) is 0 Å². The first-order valence-corrected chi connectivity index (χ1v) is 7.65.